The molecule has 1 aromatic heterocycles. The van der Waals surface area contributed by atoms with E-state index in [1.165, 1.54) is 12.1 Å². The number of benzene rings is 2. The van der Waals surface area contributed by atoms with Gasteiger partial charge in [0.2, 0.25) is 0 Å². The van der Waals surface area contributed by atoms with Gasteiger partial charge in [0.25, 0.3) is 15.9 Å². The molecule has 7 nitrogen and oxygen atoms in total. The maximum Gasteiger partial charge on any atom is 0.283 e. The highest BCUT2D eigenvalue weighted by Gasteiger charge is 2.36. The van der Waals surface area contributed by atoms with E-state index in [0.29, 0.717) is 12.4 Å². The van der Waals surface area contributed by atoms with Crippen LogP contribution in [-0.4, -0.2) is 25.5 Å². The van der Waals surface area contributed by atoms with Gasteiger partial charge < -0.3 is 4.90 Å². The zero-order valence-electron chi connectivity index (χ0n) is 18.9. The molecule has 0 saturated carbocycles. The first-order valence-electron chi connectivity index (χ1n) is 10.6. The second-order valence-corrected chi connectivity index (χ2v) is 9.94. The molecule has 0 saturated heterocycles. The van der Waals surface area contributed by atoms with Crippen molar-refractivity contribution in [1.29, 1.82) is 0 Å². The standard InChI is InChI=1S/C25H23ClN4O3S/c1-17-9-11-21(12-10-17)34(32,33)28-25(31)22-15-18(2)23-24(27-22)29(14-13-26)19(3)30(23)16-20-7-5-4-6-8-20/h4-12,15,19H,16H2,1-3H3,(H,28,31). The van der Waals surface area contributed by atoms with Gasteiger partial charge in [-0.2, -0.15) is 0 Å². The highest BCUT2D eigenvalue weighted by molar-refractivity contribution is 7.90. The van der Waals surface area contributed by atoms with Gasteiger partial charge in [-0.1, -0.05) is 48.0 Å². The fourth-order valence-corrected chi connectivity index (χ4v) is 4.98. The molecule has 0 bridgehead atoms. The first-order valence-corrected chi connectivity index (χ1v) is 12.4. The molecule has 174 valence electrons. The molecule has 1 amide bonds. The van der Waals surface area contributed by atoms with Gasteiger partial charge in [0.05, 0.1) is 10.6 Å². The molecule has 1 atom stereocenters. The Kier molecular flexibility index (Phi) is 6.51. The fourth-order valence-electron chi connectivity index (χ4n) is 3.93. The van der Waals surface area contributed by atoms with Gasteiger partial charge in [-0.3, -0.25) is 9.69 Å². The Hall–Kier alpha value is -3.54. The van der Waals surface area contributed by atoms with Crippen LogP contribution in [0.4, 0.5) is 11.5 Å². The number of carbonyl (C=O) groups is 1. The van der Waals surface area contributed by atoms with Gasteiger partial charge in [-0.05, 0) is 61.7 Å². The van der Waals surface area contributed by atoms with Crippen molar-refractivity contribution in [3.05, 3.63) is 83.0 Å². The van der Waals surface area contributed by atoms with Crippen LogP contribution in [0.2, 0.25) is 0 Å². The van der Waals surface area contributed by atoms with Crippen LogP contribution in [0, 0.1) is 25.3 Å². The van der Waals surface area contributed by atoms with Crippen molar-refractivity contribution in [1.82, 2.24) is 9.71 Å². The number of hydrogen-bond donors (Lipinski definition) is 1. The molecule has 2 aromatic carbocycles. The maximum atomic E-state index is 12.9. The SMILES string of the molecule is Cc1ccc(S(=O)(=O)NC(=O)c2cc(C)c3c(n2)N(C#CCl)C(C)N3Cc2ccccc2)cc1. The van der Waals surface area contributed by atoms with Crippen LogP contribution in [0.1, 0.15) is 34.1 Å². The molecule has 9 heteroatoms. The second-order valence-electron chi connectivity index (χ2n) is 8.07. The van der Waals surface area contributed by atoms with E-state index in [2.05, 4.69) is 26.0 Å². The Labute approximate surface area is 204 Å². The summed E-state index contributed by atoms with van der Waals surface area (Å²) in [7, 11) is -4.05. The molecular weight excluding hydrogens is 472 g/mol. The summed E-state index contributed by atoms with van der Waals surface area (Å²) >= 11 is 5.72. The number of rotatable bonds is 5. The minimum Gasteiger partial charge on any atom is -0.343 e. The van der Waals surface area contributed by atoms with Gasteiger partial charge in [-0.25, -0.2) is 18.1 Å². The average Bonchev–Trinajstić information content (AvgIpc) is 3.06. The van der Waals surface area contributed by atoms with E-state index >= 15 is 0 Å². The van der Waals surface area contributed by atoms with Crippen LogP contribution >= 0.6 is 11.6 Å². The summed E-state index contributed by atoms with van der Waals surface area (Å²) in [5, 5.41) is 2.38. The van der Waals surface area contributed by atoms with Crippen molar-refractivity contribution < 1.29 is 13.2 Å². The number of aromatic nitrogens is 1. The highest BCUT2D eigenvalue weighted by Crippen LogP contribution is 2.41. The lowest BCUT2D eigenvalue weighted by Gasteiger charge is -2.27. The Morgan fingerprint density at radius 2 is 1.79 bits per heavy atom. The number of nitrogens with zero attached hydrogens (tertiary/aromatic N) is 3. The number of hydrogen-bond acceptors (Lipinski definition) is 6. The molecule has 34 heavy (non-hydrogen) atoms. The monoisotopic (exact) mass is 494 g/mol. The molecule has 0 aliphatic carbocycles. The quantitative estimate of drug-likeness (QED) is 0.537. The predicted octanol–water partition coefficient (Wildman–Crippen LogP) is 4.15. The molecule has 0 spiro atoms. The normalized spacial score (nSPS) is 14.9. The molecule has 0 radical (unpaired) electrons. The predicted molar refractivity (Wildman–Crippen MR) is 133 cm³/mol. The summed E-state index contributed by atoms with van der Waals surface area (Å²) in [6.07, 6.45) is -0.206. The van der Waals surface area contributed by atoms with Crippen molar-refractivity contribution in [2.45, 2.75) is 38.4 Å². The minimum absolute atomic E-state index is 0.00150. The van der Waals surface area contributed by atoms with E-state index in [9.17, 15) is 13.2 Å². The Morgan fingerprint density at radius 3 is 2.44 bits per heavy atom. The number of sulfonamides is 1. The van der Waals surface area contributed by atoms with Gasteiger partial charge in [0.15, 0.2) is 5.82 Å². The molecular formula is C25H23ClN4O3S. The van der Waals surface area contributed by atoms with Crippen LogP contribution in [-0.2, 0) is 16.6 Å². The largest absolute Gasteiger partial charge is 0.343 e. The summed E-state index contributed by atoms with van der Waals surface area (Å²) in [5.41, 5.74) is 3.57. The van der Waals surface area contributed by atoms with E-state index in [0.717, 1.165) is 22.4 Å². The first-order chi connectivity index (χ1) is 16.2. The third-order valence-corrected chi connectivity index (χ3v) is 7.09. The van der Waals surface area contributed by atoms with Crippen molar-refractivity contribution in [2.75, 3.05) is 9.80 Å². The number of fused-ring (bicyclic) bond motifs is 1. The summed E-state index contributed by atoms with van der Waals surface area (Å²) in [5.74, 6) is -0.367. The van der Waals surface area contributed by atoms with Crippen LogP contribution in [0.15, 0.2) is 65.6 Å². The maximum absolute atomic E-state index is 12.9. The fraction of sp³-hybridized carbons (Fsp3) is 0.200. The van der Waals surface area contributed by atoms with Gasteiger partial charge in [0.1, 0.15) is 11.9 Å². The smallest absolute Gasteiger partial charge is 0.283 e. The zero-order valence-corrected chi connectivity index (χ0v) is 20.5. The van der Waals surface area contributed by atoms with Crippen LogP contribution in [0.5, 0.6) is 0 Å². The number of amides is 1. The summed E-state index contributed by atoms with van der Waals surface area (Å²) in [6.45, 7) is 6.27. The van der Waals surface area contributed by atoms with Crippen molar-refractivity contribution in [2.24, 2.45) is 0 Å². The number of halogens is 1. The Morgan fingerprint density at radius 1 is 1.12 bits per heavy atom. The molecule has 1 aliphatic rings. The van der Waals surface area contributed by atoms with E-state index in [1.807, 2.05) is 51.1 Å². The van der Waals surface area contributed by atoms with Gasteiger partial charge in [0, 0.05) is 18.0 Å². The molecule has 2 heterocycles. The van der Waals surface area contributed by atoms with E-state index < -0.39 is 15.9 Å². The number of anilines is 2. The van der Waals surface area contributed by atoms with Crippen LogP contribution in [0.3, 0.4) is 0 Å². The second kappa shape index (κ2) is 9.37. The zero-order chi connectivity index (χ0) is 24.5. The number of nitrogens with one attached hydrogen (secondary N) is 1. The average molecular weight is 495 g/mol. The van der Waals surface area contributed by atoms with E-state index in [1.54, 1.807) is 23.1 Å². The molecule has 3 aromatic rings. The molecule has 1 N–H and O–H groups in total. The lowest BCUT2D eigenvalue weighted by molar-refractivity contribution is 0.0976. The summed E-state index contributed by atoms with van der Waals surface area (Å²) in [6, 6.07) is 20.6. The molecule has 0 fully saturated rings. The molecule has 4 rings (SSSR count). The number of carbonyl (C=O) groups excluding carboxylic acids is 1. The third-order valence-electron chi connectivity index (χ3n) is 5.65. The van der Waals surface area contributed by atoms with Crippen LogP contribution in [0.25, 0.3) is 0 Å². The highest BCUT2D eigenvalue weighted by atomic mass is 35.5. The van der Waals surface area contributed by atoms with Gasteiger partial charge >= 0.3 is 0 Å². The third kappa shape index (κ3) is 4.58. The molecule has 1 aliphatic heterocycles. The lowest BCUT2D eigenvalue weighted by Crippen LogP contribution is -2.38. The van der Waals surface area contributed by atoms with E-state index in [-0.39, 0.29) is 16.8 Å². The molecule has 1 unspecified atom stereocenters. The minimum atomic E-state index is -4.05. The number of pyridine rings is 1. The number of aryl methyl sites for hydroxylation is 2. The van der Waals surface area contributed by atoms with Crippen LogP contribution < -0.4 is 14.5 Å². The summed E-state index contributed by atoms with van der Waals surface area (Å²) < 4.78 is 27.5. The van der Waals surface area contributed by atoms with Gasteiger partial charge in [-0.15, -0.1) is 0 Å². The Balaban J connectivity index is 1.69. The summed E-state index contributed by atoms with van der Waals surface area (Å²) in [4.78, 5) is 21.2. The topological polar surface area (TPSA) is 82.6 Å². The van der Waals surface area contributed by atoms with Crippen molar-refractivity contribution >= 4 is 39.0 Å². The first kappa shape index (κ1) is 23.6. The van der Waals surface area contributed by atoms with Crippen molar-refractivity contribution in [3.8, 4) is 11.4 Å². The van der Waals surface area contributed by atoms with E-state index in [4.69, 9.17) is 11.6 Å². The lowest BCUT2D eigenvalue weighted by atomic mass is 10.1. The van der Waals surface area contributed by atoms with Crippen molar-refractivity contribution in [3.63, 3.8) is 0 Å². The Bertz CT molecular complexity index is 1400.